The second kappa shape index (κ2) is 5.79. The van der Waals surface area contributed by atoms with Gasteiger partial charge in [0.15, 0.2) is 0 Å². The smallest absolute Gasteiger partial charge is 0.150 e. The Labute approximate surface area is 113 Å². The van der Waals surface area contributed by atoms with Gasteiger partial charge in [0.1, 0.15) is 12.1 Å². The van der Waals surface area contributed by atoms with Gasteiger partial charge in [0.05, 0.1) is 0 Å². The van der Waals surface area contributed by atoms with Crippen LogP contribution in [0.15, 0.2) is 42.5 Å². The molecule has 2 aromatic rings. The average Bonchev–Trinajstić information content (AvgIpc) is 2.47. The Balaban J connectivity index is 2.39. The van der Waals surface area contributed by atoms with E-state index in [9.17, 15) is 9.18 Å². The lowest BCUT2D eigenvalue weighted by Gasteiger charge is -2.10. The molecule has 0 N–H and O–H groups in total. The molecule has 1 unspecified atom stereocenters. The monoisotopic (exact) mass is 256 g/mol. The molecule has 0 aromatic heterocycles. The fourth-order valence-electron chi connectivity index (χ4n) is 2.06. The van der Waals surface area contributed by atoms with Crippen LogP contribution in [0, 0.1) is 5.82 Å². The molecule has 1 atom stereocenters. The zero-order valence-corrected chi connectivity index (χ0v) is 11.2. The van der Waals surface area contributed by atoms with Gasteiger partial charge in [-0.25, -0.2) is 4.39 Å². The van der Waals surface area contributed by atoms with Gasteiger partial charge in [-0.3, -0.25) is 4.79 Å². The van der Waals surface area contributed by atoms with E-state index in [0.717, 1.165) is 18.3 Å². The summed E-state index contributed by atoms with van der Waals surface area (Å²) in [6, 6.07) is 12.3. The van der Waals surface area contributed by atoms with Crippen molar-refractivity contribution in [2.45, 2.75) is 26.2 Å². The van der Waals surface area contributed by atoms with Crippen LogP contribution in [0.25, 0.3) is 11.1 Å². The third-order valence-corrected chi connectivity index (χ3v) is 3.53. The number of hydrogen-bond donors (Lipinski definition) is 0. The summed E-state index contributed by atoms with van der Waals surface area (Å²) >= 11 is 0. The standard InChI is InChI=1S/C17H17FO/c1-3-12(2)14-5-7-15(8-6-14)16-10-13(11-19)4-9-17(16)18/h4-12H,3H2,1-2H3. The van der Waals surface area contributed by atoms with Crippen molar-refractivity contribution in [3.8, 4) is 11.1 Å². The minimum Gasteiger partial charge on any atom is -0.298 e. The van der Waals surface area contributed by atoms with Crippen molar-refractivity contribution in [2.75, 3.05) is 0 Å². The molecule has 0 spiro atoms. The van der Waals surface area contributed by atoms with Crippen molar-refractivity contribution in [3.63, 3.8) is 0 Å². The van der Waals surface area contributed by atoms with Crippen molar-refractivity contribution in [2.24, 2.45) is 0 Å². The molecule has 2 aromatic carbocycles. The minimum absolute atomic E-state index is 0.304. The number of carbonyl (C=O) groups is 1. The number of hydrogen-bond acceptors (Lipinski definition) is 1. The molecule has 0 aliphatic heterocycles. The highest BCUT2D eigenvalue weighted by atomic mass is 19.1. The lowest BCUT2D eigenvalue weighted by Crippen LogP contribution is -1.92. The Morgan fingerprint density at radius 3 is 2.42 bits per heavy atom. The Morgan fingerprint density at radius 2 is 1.84 bits per heavy atom. The first kappa shape index (κ1) is 13.5. The van der Waals surface area contributed by atoms with Gasteiger partial charge >= 0.3 is 0 Å². The number of carbonyl (C=O) groups excluding carboxylic acids is 1. The summed E-state index contributed by atoms with van der Waals surface area (Å²) < 4.78 is 13.8. The Kier molecular flexibility index (Phi) is 4.10. The van der Waals surface area contributed by atoms with Gasteiger partial charge in [-0.1, -0.05) is 38.1 Å². The van der Waals surface area contributed by atoms with Crippen molar-refractivity contribution in [1.82, 2.24) is 0 Å². The highest BCUT2D eigenvalue weighted by molar-refractivity contribution is 5.79. The van der Waals surface area contributed by atoms with Gasteiger partial charge in [0, 0.05) is 11.1 Å². The molecule has 2 heteroatoms. The number of rotatable bonds is 4. The number of aldehydes is 1. The molecular formula is C17H17FO. The lowest BCUT2D eigenvalue weighted by molar-refractivity contribution is 0.112. The van der Waals surface area contributed by atoms with E-state index in [-0.39, 0.29) is 5.82 Å². The molecule has 1 nitrogen and oxygen atoms in total. The lowest BCUT2D eigenvalue weighted by atomic mass is 9.95. The van der Waals surface area contributed by atoms with Crippen molar-refractivity contribution >= 4 is 6.29 Å². The summed E-state index contributed by atoms with van der Waals surface area (Å²) in [5.74, 6) is 0.196. The zero-order chi connectivity index (χ0) is 13.8. The molecule has 0 heterocycles. The molecule has 0 bridgehead atoms. The maximum absolute atomic E-state index is 13.8. The van der Waals surface area contributed by atoms with Gasteiger partial charge in [-0.2, -0.15) is 0 Å². The molecule has 0 fully saturated rings. The first-order valence-corrected chi connectivity index (χ1v) is 6.50. The predicted octanol–water partition coefficient (Wildman–Crippen LogP) is 4.82. The Bertz CT molecular complexity index is 572. The van der Waals surface area contributed by atoms with Gasteiger partial charge in [0.25, 0.3) is 0 Å². The van der Waals surface area contributed by atoms with Crippen LogP contribution in [-0.4, -0.2) is 6.29 Å². The van der Waals surface area contributed by atoms with Crippen LogP contribution >= 0.6 is 0 Å². The first-order chi connectivity index (χ1) is 9.15. The van der Waals surface area contributed by atoms with Crippen molar-refractivity contribution in [1.29, 1.82) is 0 Å². The second-order valence-corrected chi connectivity index (χ2v) is 4.79. The largest absolute Gasteiger partial charge is 0.298 e. The summed E-state index contributed by atoms with van der Waals surface area (Å²) in [5, 5.41) is 0. The maximum Gasteiger partial charge on any atom is 0.150 e. The van der Waals surface area contributed by atoms with Gasteiger partial charge in [-0.15, -0.1) is 0 Å². The molecule has 0 saturated heterocycles. The van der Waals surface area contributed by atoms with E-state index in [1.54, 1.807) is 6.07 Å². The SMILES string of the molecule is CCC(C)c1ccc(-c2cc(C=O)ccc2F)cc1. The van der Waals surface area contributed by atoms with E-state index >= 15 is 0 Å². The highest BCUT2D eigenvalue weighted by Crippen LogP contribution is 2.26. The quantitative estimate of drug-likeness (QED) is 0.717. The highest BCUT2D eigenvalue weighted by Gasteiger charge is 2.08. The Morgan fingerprint density at radius 1 is 1.16 bits per heavy atom. The zero-order valence-electron chi connectivity index (χ0n) is 11.2. The van der Waals surface area contributed by atoms with Crippen LogP contribution in [0.1, 0.15) is 42.1 Å². The predicted molar refractivity (Wildman–Crippen MR) is 75.9 cm³/mol. The third kappa shape index (κ3) is 2.90. The Hall–Kier alpha value is -1.96. The fraction of sp³-hybridized carbons (Fsp3) is 0.235. The van der Waals surface area contributed by atoms with Crippen LogP contribution in [0.2, 0.25) is 0 Å². The van der Waals surface area contributed by atoms with Crippen LogP contribution in [-0.2, 0) is 0 Å². The summed E-state index contributed by atoms with van der Waals surface area (Å²) in [7, 11) is 0. The average molecular weight is 256 g/mol. The first-order valence-electron chi connectivity index (χ1n) is 6.50. The van der Waals surface area contributed by atoms with Crippen LogP contribution in [0.4, 0.5) is 4.39 Å². The van der Waals surface area contributed by atoms with Crippen LogP contribution in [0.3, 0.4) is 0 Å². The molecule has 2 rings (SSSR count). The van der Waals surface area contributed by atoms with Crippen LogP contribution < -0.4 is 0 Å². The van der Waals surface area contributed by atoms with Crippen LogP contribution in [0.5, 0.6) is 0 Å². The molecule has 98 valence electrons. The minimum atomic E-state index is -0.304. The molecule has 0 aliphatic rings. The number of halogens is 1. The molecule has 0 radical (unpaired) electrons. The van der Waals surface area contributed by atoms with Crippen molar-refractivity contribution < 1.29 is 9.18 Å². The van der Waals surface area contributed by atoms with Gasteiger partial charge in [0.2, 0.25) is 0 Å². The van der Waals surface area contributed by atoms with E-state index in [4.69, 9.17) is 0 Å². The summed E-state index contributed by atoms with van der Waals surface area (Å²) in [5.41, 5.74) is 3.01. The molecule has 19 heavy (non-hydrogen) atoms. The van der Waals surface area contributed by atoms with E-state index in [0.29, 0.717) is 17.0 Å². The van der Waals surface area contributed by atoms with E-state index < -0.39 is 0 Å². The molecule has 0 saturated carbocycles. The number of benzene rings is 2. The molecule has 0 aliphatic carbocycles. The van der Waals surface area contributed by atoms with E-state index in [2.05, 4.69) is 13.8 Å². The summed E-state index contributed by atoms with van der Waals surface area (Å²) in [4.78, 5) is 10.8. The maximum atomic E-state index is 13.8. The third-order valence-electron chi connectivity index (χ3n) is 3.53. The normalized spacial score (nSPS) is 12.2. The topological polar surface area (TPSA) is 17.1 Å². The van der Waals surface area contributed by atoms with Crippen molar-refractivity contribution in [3.05, 3.63) is 59.4 Å². The van der Waals surface area contributed by atoms with E-state index in [1.807, 2.05) is 24.3 Å². The second-order valence-electron chi connectivity index (χ2n) is 4.79. The summed E-state index contributed by atoms with van der Waals surface area (Å²) in [6.07, 6.45) is 1.81. The summed E-state index contributed by atoms with van der Waals surface area (Å²) in [6.45, 7) is 4.31. The van der Waals surface area contributed by atoms with Gasteiger partial charge < -0.3 is 0 Å². The van der Waals surface area contributed by atoms with Gasteiger partial charge in [-0.05, 0) is 41.7 Å². The molecule has 0 amide bonds. The molecular weight excluding hydrogens is 239 g/mol. The fourth-order valence-corrected chi connectivity index (χ4v) is 2.06. The van der Waals surface area contributed by atoms with E-state index in [1.165, 1.54) is 17.7 Å².